The van der Waals surface area contributed by atoms with Gasteiger partial charge in [0, 0.05) is 30.5 Å². The highest BCUT2D eigenvalue weighted by atomic mass is 16.5. The zero-order chi connectivity index (χ0) is 14.1. The van der Waals surface area contributed by atoms with Gasteiger partial charge in [-0.2, -0.15) is 0 Å². The maximum Gasteiger partial charge on any atom is 0.310 e. The van der Waals surface area contributed by atoms with E-state index in [4.69, 9.17) is 4.74 Å². The van der Waals surface area contributed by atoms with E-state index in [9.17, 15) is 9.59 Å². The van der Waals surface area contributed by atoms with Crippen molar-refractivity contribution in [1.82, 2.24) is 9.88 Å². The van der Waals surface area contributed by atoms with Crippen molar-refractivity contribution in [1.29, 1.82) is 0 Å². The molecule has 0 aliphatic carbocycles. The first-order valence-electron chi connectivity index (χ1n) is 7.02. The van der Waals surface area contributed by atoms with Crippen LogP contribution >= 0.6 is 0 Å². The molecule has 1 aromatic rings. The summed E-state index contributed by atoms with van der Waals surface area (Å²) in [5.41, 5.74) is 1.74. The fourth-order valence-corrected chi connectivity index (χ4v) is 3.25. The molecule has 1 aromatic heterocycles. The van der Waals surface area contributed by atoms with E-state index in [1.54, 1.807) is 18.5 Å². The second-order valence-corrected chi connectivity index (χ2v) is 5.48. The number of piperidine rings is 1. The molecule has 0 spiro atoms. The number of pyridine rings is 1. The quantitative estimate of drug-likeness (QED) is 0.727. The van der Waals surface area contributed by atoms with Gasteiger partial charge in [-0.25, -0.2) is 0 Å². The molecule has 2 aliphatic heterocycles. The Kier molecular flexibility index (Phi) is 3.42. The summed E-state index contributed by atoms with van der Waals surface area (Å²) in [5.74, 6) is -0.377. The predicted molar refractivity (Wildman–Crippen MR) is 72.1 cm³/mol. The van der Waals surface area contributed by atoms with Crippen LogP contribution in [0.1, 0.15) is 35.2 Å². The fourth-order valence-electron chi connectivity index (χ4n) is 3.25. The van der Waals surface area contributed by atoms with E-state index in [-0.39, 0.29) is 23.8 Å². The molecule has 20 heavy (non-hydrogen) atoms. The van der Waals surface area contributed by atoms with Gasteiger partial charge in [-0.3, -0.25) is 14.6 Å². The summed E-state index contributed by atoms with van der Waals surface area (Å²) in [5, 5.41) is 0. The van der Waals surface area contributed by atoms with E-state index >= 15 is 0 Å². The van der Waals surface area contributed by atoms with Crippen molar-refractivity contribution in [3.63, 3.8) is 0 Å². The summed E-state index contributed by atoms with van der Waals surface area (Å²) in [7, 11) is 1.40. The van der Waals surface area contributed by atoms with Gasteiger partial charge in [0.15, 0.2) is 0 Å². The lowest BCUT2D eigenvalue weighted by molar-refractivity contribution is -0.147. The maximum atomic E-state index is 12.7. The number of hydrogen-bond acceptors (Lipinski definition) is 4. The number of rotatable bonds is 1. The molecule has 1 amide bonds. The molecule has 1 saturated heterocycles. The van der Waals surface area contributed by atoms with Gasteiger partial charge in [-0.05, 0) is 37.3 Å². The first-order valence-corrected chi connectivity index (χ1v) is 7.02. The van der Waals surface area contributed by atoms with Gasteiger partial charge in [-0.1, -0.05) is 0 Å². The standard InChI is InChI=1S/C15H18N2O3/c1-20-15(19)11-3-5-12-4-2-10-8-16-7-6-13(10)14(18)17(12)9-11/h6-8,11-12H,2-5,9H2,1H3. The van der Waals surface area contributed by atoms with Crippen LogP contribution in [0.25, 0.3) is 0 Å². The van der Waals surface area contributed by atoms with Crippen molar-refractivity contribution < 1.29 is 14.3 Å². The highest BCUT2D eigenvalue weighted by Gasteiger charge is 2.37. The number of hydrogen-bond donors (Lipinski definition) is 0. The minimum Gasteiger partial charge on any atom is -0.469 e. The van der Waals surface area contributed by atoms with E-state index in [0.717, 1.165) is 36.8 Å². The van der Waals surface area contributed by atoms with E-state index in [1.807, 2.05) is 4.90 Å². The highest BCUT2D eigenvalue weighted by molar-refractivity contribution is 5.96. The molecule has 1 fully saturated rings. The Hall–Kier alpha value is -1.91. The largest absolute Gasteiger partial charge is 0.469 e. The molecule has 0 aromatic carbocycles. The first kappa shape index (κ1) is 13.1. The number of esters is 1. The van der Waals surface area contributed by atoms with Crippen LogP contribution in [0.3, 0.4) is 0 Å². The average molecular weight is 274 g/mol. The van der Waals surface area contributed by atoms with Crippen LogP contribution in [0.15, 0.2) is 18.5 Å². The van der Waals surface area contributed by atoms with Crippen LogP contribution in [-0.4, -0.2) is 41.5 Å². The Labute approximate surface area is 117 Å². The normalized spacial score (nSPS) is 25.4. The molecule has 2 unspecified atom stereocenters. The molecule has 0 radical (unpaired) electrons. The van der Waals surface area contributed by atoms with Crippen molar-refractivity contribution >= 4 is 11.9 Å². The Balaban J connectivity index is 1.88. The molecule has 2 atom stereocenters. The van der Waals surface area contributed by atoms with Gasteiger partial charge < -0.3 is 9.64 Å². The summed E-state index contributed by atoms with van der Waals surface area (Å²) in [4.78, 5) is 30.3. The van der Waals surface area contributed by atoms with Crippen LogP contribution in [0, 0.1) is 5.92 Å². The Morgan fingerprint density at radius 1 is 1.40 bits per heavy atom. The summed E-state index contributed by atoms with van der Waals surface area (Å²) in [6.07, 6.45) is 6.92. The van der Waals surface area contributed by atoms with Crippen LogP contribution in [0.2, 0.25) is 0 Å². The number of ether oxygens (including phenoxy) is 1. The molecule has 0 bridgehead atoms. The fraction of sp³-hybridized carbons (Fsp3) is 0.533. The summed E-state index contributed by atoms with van der Waals surface area (Å²) in [6.45, 7) is 0.470. The molecule has 3 rings (SSSR count). The molecule has 0 N–H and O–H groups in total. The van der Waals surface area contributed by atoms with Gasteiger partial charge in [-0.15, -0.1) is 0 Å². The molecular formula is C15H18N2O3. The van der Waals surface area contributed by atoms with E-state index < -0.39 is 0 Å². The summed E-state index contributed by atoms with van der Waals surface area (Å²) < 4.78 is 4.82. The lowest BCUT2D eigenvalue weighted by Gasteiger charge is -2.37. The van der Waals surface area contributed by atoms with Gasteiger partial charge in [0.1, 0.15) is 0 Å². The average Bonchev–Trinajstić information content (AvgIpc) is 2.64. The topological polar surface area (TPSA) is 59.5 Å². The lowest BCUT2D eigenvalue weighted by Crippen LogP contribution is -2.48. The number of methoxy groups -OCH3 is 1. The van der Waals surface area contributed by atoms with Crippen LogP contribution in [0.5, 0.6) is 0 Å². The summed E-state index contributed by atoms with van der Waals surface area (Å²) in [6, 6.07) is 2.01. The predicted octanol–water partition coefficient (Wildman–Crippen LogP) is 1.42. The monoisotopic (exact) mass is 274 g/mol. The Bertz CT molecular complexity index is 544. The molecule has 106 valence electrons. The second-order valence-electron chi connectivity index (χ2n) is 5.48. The van der Waals surface area contributed by atoms with Gasteiger partial charge in [0.25, 0.3) is 5.91 Å². The maximum absolute atomic E-state index is 12.7. The van der Waals surface area contributed by atoms with Crippen molar-refractivity contribution in [2.45, 2.75) is 31.7 Å². The minimum absolute atomic E-state index is 0.0264. The van der Waals surface area contributed by atoms with Crippen LogP contribution < -0.4 is 0 Å². The van der Waals surface area contributed by atoms with E-state index in [0.29, 0.717) is 6.54 Å². The molecule has 5 heteroatoms. The van der Waals surface area contributed by atoms with Crippen molar-refractivity contribution in [2.75, 3.05) is 13.7 Å². The highest BCUT2D eigenvalue weighted by Crippen LogP contribution is 2.30. The van der Waals surface area contributed by atoms with E-state index in [1.165, 1.54) is 7.11 Å². The minimum atomic E-state index is -0.213. The number of nitrogens with zero attached hydrogens (tertiary/aromatic N) is 2. The molecule has 3 heterocycles. The van der Waals surface area contributed by atoms with Crippen molar-refractivity contribution in [3.05, 3.63) is 29.6 Å². The number of carbonyl (C=O) groups is 2. The molecule has 2 aliphatic rings. The number of aromatic nitrogens is 1. The van der Waals surface area contributed by atoms with Crippen LogP contribution in [0.4, 0.5) is 0 Å². The third-order valence-corrected chi connectivity index (χ3v) is 4.38. The van der Waals surface area contributed by atoms with Crippen molar-refractivity contribution in [3.8, 4) is 0 Å². The lowest BCUT2D eigenvalue weighted by atomic mass is 9.91. The SMILES string of the molecule is COC(=O)C1CCC2CCc3cnccc3C(=O)N2C1. The third-order valence-electron chi connectivity index (χ3n) is 4.38. The Morgan fingerprint density at radius 3 is 3.05 bits per heavy atom. The molecule has 5 nitrogen and oxygen atoms in total. The zero-order valence-electron chi connectivity index (χ0n) is 11.5. The first-order chi connectivity index (χ1) is 9.70. The third kappa shape index (κ3) is 2.17. The Morgan fingerprint density at radius 2 is 2.25 bits per heavy atom. The second kappa shape index (κ2) is 5.23. The number of aryl methyl sites for hydroxylation is 1. The molecule has 0 saturated carbocycles. The molecular weight excluding hydrogens is 256 g/mol. The van der Waals surface area contributed by atoms with Gasteiger partial charge in [0.05, 0.1) is 13.0 Å². The smallest absolute Gasteiger partial charge is 0.310 e. The number of fused-ring (bicyclic) bond motifs is 2. The number of amides is 1. The van der Waals surface area contributed by atoms with Gasteiger partial charge in [0.2, 0.25) is 0 Å². The zero-order valence-corrected chi connectivity index (χ0v) is 11.5. The van der Waals surface area contributed by atoms with Gasteiger partial charge >= 0.3 is 5.97 Å². The van der Waals surface area contributed by atoms with Crippen molar-refractivity contribution in [2.24, 2.45) is 5.92 Å². The summed E-state index contributed by atoms with van der Waals surface area (Å²) >= 11 is 0. The number of carbonyl (C=O) groups excluding carboxylic acids is 2. The van der Waals surface area contributed by atoms with E-state index in [2.05, 4.69) is 4.98 Å². The van der Waals surface area contributed by atoms with Crippen LogP contribution in [-0.2, 0) is 16.0 Å².